The SMILES string of the molecule is CC(C)n1c(-c2ccc(OC(F)(F)F)cc2)n[nH]c1=S. The van der Waals surface area contributed by atoms with E-state index < -0.39 is 6.36 Å². The normalized spacial score (nSPS) is 11.9. The molecule has 8 heteroatoms. The van der Waals surface area contributed by atoms with Crippen molar-refractivity contribution in [2.75, 3.05) is 0 Å². The molecule has 0 aliphatic carbocycles. The first-order valence-electron chi connectivity index (χ1n) is 5.81. The Morgan fingerprint density at radius 1 is 1.25 bits per heavy atom. The van der Waals surface area contributed by atoms with Gasteiger partial charge in [0.15, 0.2) is 10.6 Å². The summed E-state index contributed by atoms with van der Waals surface area (Å²) in [4.78, 5) is 0. The standard InChI is InChI=1S/C12H12F3N3OS/c1-7(2)18-10(16-17-11(18)20)8-3-5-9(6-4-8)19-12(13,14)15/h3-7H,1-2H3,(H,17,20). The molecule has 4 nitrogen and oxygen atoms in total. The van der Waals surface area contributed by atoms with Gasteiger partial charge >= 0.3 is 6.36 Å². The zero-order valence-electron chi connectivity index (χ0n) is 10.7. The van der Waals surface area contributed by atoms with Crippen LogP contribution >= 0.6 is 12.2 Å². The van der Waals surface area contributed by atoms with Gasteiger partial charge in [-0.3, -0.25) is 9.67 Å². The number of ether oxygens (including phenoxy) is 1. The van der Waals surface area contributed by atoms with Crippen LogP contribution in [0.2, 0.25) is 0 Å². The molecule has 1 N–H and O–H groups in total. The van der Waals surface area contributed by atoms with Crippen LogP contribution in [0.25, 0.3) is 11.4 Å². The van der Waals surface area contributed by atoms with Gasteiger partial charge in [0.2, 0.25) is 0 Å². The van der Waals surface area contributed by atoms with Crippen LogP contribution in [0, 0.1) is 4.77 Å². The minimum Gasteiger partial charge on any atom is -0.406 e. The molecule has 0 saturated heterocycles. The zero-order valence-corrected chi connectivity index (χ0v) is 11.5. The largest absolute Gasteiger partial charge is 0.573 e. The van der Waals surface area contributed by atoms with Crippen LogP contribution in [0.5, 0.6) is 5.75 Å². The van der Waals surface area contributed by atoms with Gasteiger partial charge in [-0.05, 0) is 50.3 Å². The topological polar surface area (TPSA) is 42.8 Å². The lowest BCUT2D eigenvalue weighted by molar-refractivity contribution is -0.274. The summed E-state index contributed by atoms with van der Waals surface area (Å²) >= 11 is 5.12. The third kappa shape index (κ3) is 3.19. The molecule has 0 aliphatic rings. The number of aromatic amines is 1. The lowest BCUT2D eigenvalue weighted by atomic mass is 10.2. The molecule has 0 radical (unpaired) electrons. The molecular formula is C12H12F3N3OS. The summed E-state index contributed by atoms with van der Waals surface area (Å²) in [6.45, 7) is 3.88. The Bertz CT molecular complexity index is 643. The number of hydrogen-bond donors (Lipinski definition) is 1. The van der Waals surface area contributed by atoms with Gasteiger partial charge < -0.3 is 4.74 Å². The second kappa shape index (κ2) is 5.28. The number of alkyl halides is 3. The highest BCUT2D eigenvalue weighted by Crippen LogP contribution is 2.26. The van der Waals surface area contributed by atoms with E-state index in [1.54, 1.807) is 4.57 Å². The molecule has 2 aromatic rings. The zero-order chi connectivity index (χ0) is 14.9. The van der Waals surface area contributed by atoms with Gasteiger partial charge in [0.1, 0.15) is 5.75 Å². The molecule has 0 fully saturated rings. The van der Waals surface area contributed by atoms with Crippen LogP contribution in [-0.2, 0) is 0 Å². The second-order valence-electron chi connectivity index (χ2n) is 4.39. The third-order valence-electron chi connectivity index (χ3n) is 2.57. The maximum Gasteiger partial charge on any atom is 0.573 e. The fourth-order valence-electron chi connectivity index (χ4n) is 1.79. The van der Waals surface area contributed by atoms with Crippen molar-refractivity contribution in [3.05, 3.63) is 29.0 Å². The Hall–Kier alpha value is -1.83. The quantitative estimate of drug-likeness (QED) is 0.869. The fraction of sp³-hybridized carbons (Fsp3) is 0.333. The van der Waals surface area contributed by atoms with Crippen LogP contribution in [0.3, 0.4) is 0 Å². The van der Waals surface area contributed by atoms with E-state index in [0.29, 0.717) is 16.2 Å². The Kier molecular flexibility index (Phi) is 3.85. The van der Waals surface area contributed by atoms with E-state index in [2.05, 4.69) is 14.9 Å². The van der Waals surface area contributed by atoms with Gasteiger partial charge in [0.25, 0.3) is 0 Å². The van der Waals surface area contributed by atoms with E-state index in [1.807, 2.05) is 13.8 Å². The fourth-order valence-corrected chi connectivity index (χ4v) is 2.14. The summed E-state index contributed by atoms with van der Waals surface area (Å²) in [5.41, 5.74) is 0.653. The van der Waals surface area contributed by atoms with Gasteiger partial charge in [-0.25, -0.2) is 0 Å². The lowest BCUT2D eigenvalue weighted by Gasteiger charge is -2.11. The first kappa shape index (κ1) is 14.6. The monoisotopic (exact) mass is 303 g/mol. The Morgan fingerprint density at radius 3 is 2.35 bits per heavy atom. The van der Waals surface area contributed by atoms with Crippen molar-refractivity contribution in [2.45, 2.75) is 26.3 Å². The second-order valence-corrected chi connectivity index (χ2v) is 4.77. The molecule has 0 amide bonds. The molecule has 0 atom stereocenters. The van der Waals surface area contributed by atoms with Crippen molar-refractivity contribution in [2.24, 2.45) is 0 Å². The van der Waals surface area contributed by atoms with E-state index in [9.17, 15) is 13.2 Å². The van der Waals surface area contributed by atoms with E-state index in [1.165, 1.54) is 24.3 Å². The highest BCUT2D eigenvalue weighted by atomic mass is 32.1. The van der Waals surface area contributed by atoms with Crippen molar-refractivity contribution in [1.29, 1.82) is 0 Å². The minimum atomic E-state index is -4.69. The van der Waals surface area contributed by atoms with Crippen molar-refractivity contribution in [1.82, 2.24) is 14.8 Å². The summed E-state index contributed by atoms with van der Waals surface area (Å²) in [5.74, 6) is 0.301. The molecule has 1 aromatic carbocycles. The Labute approximate surface area is 118 Å². The number of aromatic nitrogens is 3. The van der Waals surface area contributed by atoms with Gasteiger partial charge in [-0.1, -0.05) is 0 Å². The number of nitrogens with zero attached hydrogens (tertiary/aromatic N) is 2. The Balaban J connectivity index is 2.34. The van der Waals surface area contributed by atoms with Crippen LogP contribution in [0.15, 0.2) is 24.3 Å². The van der Waals surface area contributed by atoms with Crippen molar-refractivity contribution >= 4 is 12.2 Å². The lowest BCUT2D eigenvalue weighted by Crippen LogP contribution is -2.17. The summed E-state index contributed by atoms with van der Waals surface area (Å²) < 4.78 is 42.3. The number of halogens is 3. The van der Waals surface area contributed by atoms with Crippen LogP contribution < -0.4 is 4.74 Å². The summed E-state index contributed by atoms with van der Waals surface area (Å²) in [7, 11) is 0. The van der Waals surface area contributed by atoms with Gasteiger partial charge in [-0.15, -0.1) is 13.2 Å². The molecule has 0 spiro atoms. The average Bonchev–Trinajstić information content (AvgIpc) is 2.70. The highest BCUT2D eigenvalue weighted by Gasteiger charge is 2.31. The summed E-state index contributed by atoms with van der Waals surface area (Å²) in [6.07, 6.45) is -4.69. The molecular weight excluding hydrogens is 291 g/mol. The van der Waals surface area contributed by atoms with Crippen LogP contribution in [0.4, 0.5) is 13.2 Å². The number of H-pyrrole nitrogens is 1. The van der Waals surface area contributed by atoms with E-state index in [0.717, 1.165) is 0 Å². The molecule has 108 valence electrons. The van der Waals surface area contributed by atoms with Gasteiger partial charge in [0.05, 0.1) is 0 Å². The maximum atomic E-state index is 12.1. The molecule has 1 aromatic heterocycles. The van der Waals surface area contributed by atoms with Crippen molar-refractivity contribution in [3.63, 3.8) is 0 Å². The molecule has 0 bridgehead atoms. The van der Waals surface area contributed by atoms with Gasteiger partial charge in [-0.2, -0.15) is 5.10 Å². The maximum absolute atomic E-state index is 12.1. The predicted molar refractivity (Wildman–Crippen MR) is 69.9 cm³/mol. The average molecular weight is 303 g/mol. The smallest absolute Gasteiger partial charge is 0.406 e. The molecule has 2 rings (SSSR count). The van der Waals surface area contributed by atoms with Crippen molar-refractivity contribution < 1.29 is 17.9 Å². The van der Waals surface area contributed by atoms with Gasteiger partial charge in [0, 0.05) is 11.6 Å². The summed E-state index contributed by atoms with van der Waals surface area (Å²) in [6, 6.07) is 5.58. The van der Waals surface area contributed by atoms with Crippen molar-refractivity contribution in [3.8, 4) is 17.1 Å². The first-order valence-corrected chi connectivity index (χ1v) is 6.22. The molecule has 20 heavy (non-hydrogen) atoms. The molecule has 0 unspecified atom stereocenters. The Morgan fingerprint density at radius 2 is 1.85 bits per heavy atom. The van der Waals surface area contributed by atoms with Crippen LogP contribution in [-0.4, -0.2) is 21.1 Å². The first-order chi connectivity index (χ1) is 9.28. The number of benzene rings is 1. The third-order valence-corrected chi connectivity index (χ3v) is 2.85. The number of nitrogens with one attached hydrogen (secondary N) is 1. The highest BCUT2D eigenvalue weighted by molar-refractivity contribution is 7.71. The number of hydrogen-bond acceptors (Lipinski definition) is 3. The van der Waals surface area contributed by atoms with E-state index in [4.69, 9.17) is 12.2 Å². The summed E-state index contributed by atoms with van der Waals surface area (Å²) in [5, 5.41) is 6.77. The molecule has 1 heterocycles. The molecule has 0 aliphatic heterocycles. The molecule has 0 saturated carbocycles. The van der Waals surface area contributed by atoms with Crippen LogP contribution in [0.1, 0.15) is 19.9 Å². The minimum absolute atomic E-state index is 0.0855. The number of rotatable bonds is 3. The predicted octanol–water partition coefficient (Wildman–Crippen LogP) is 4.09. The van der Waals surface area contributed by atoms with E-state index >= 15 is 0 Å². The van der Waals surface area contributed by atoms with E-state index in [-0.39, 0.29) is 11.8 Å².